The fourth-order valence-corrected chi connectivity index (χ4v) is 3.39. The first kappa shape index (κ1) is 17.9. The van der Waals surface area contributed by atoms with Crippen LogP contribution in [-0.2, 0) is 16.0 Å². The molecule has 5 nitrogen and oxygen atoms in total. The van der Waals surface area contributed by atoms with Gasteiger partial charge >= 0.3 is 0 Å². The summed E-state index contributed by atoms with van der Waals surface area (Å²) in [6.07, 6.45) is 1.32. The van der Waals surface area contributed by atoms with Crippen molar-refractivity contribution in [1.29, 1.82) is 0 Å². The van der Waals surface area contributed by atoms with Gasteiger partial charge < -0.3 is 15.1 Å². The van der Waals surface area contributed by atoms with E-state index in [4.69, 9.17) is 0 Å². The first-order valence-corrected chi connectivity index (χ1v) is 9.11. The molecule has 0 radical (unpaired) electrons. The molecule has 2 atom stereocenters. The van der Waals surface area contributed by atoms with Gasteiger partial charge in [-0.05, 0) is 37.1 Å². The molecule has 1 aliphatic carbocycles. The van der Waals surface area contributed by atoms with Crippen molar-refractivity contribution < 1.29 is 14.0 Å². The van der Waals surface area contributed by atoms with Gasteiger partial charge in [0.25, 0.3) is 0 Å². The number of hydrogen-bond donors (Lipinski definition) is 1. The Bertz CT molecular complexity index is 612. The molecule has 6 heteroatoms. The molecule has 25 heavy (non-hydrogen) atoms. The summed E-state index contributed by atoms with van der Waals surface area (Å²) in [6.45, 7) is 7.03. The summed E-state index contributed by atoms with van der Waals surface area (Å²) in [6, 6.07) is 6.29. The van der Waals surface area contributed by atoms with Crippen LogP contribution in [0.4, 0.5) is 4.39 Å². The molecule has 2 fully saturated rings. The smallest absolute Gasteiger partial charge is 0.226 e. The van der Waals surface area contributed by atoms with Gasteiger partial charge in [0.15, 0.2) is 0 Å². The number of halogens is 1. The van der Waals surface area contributed by atoms with Crippen molar-refractivity contribution >= 4 is 11.8 Å². The Balaban J connectivity index is 1.38. The zero-order chi connectivity index (χ0) is 17.8. The van der Waals surface area contributed by atoms with Gasteiger partial charge in [0.2, 0.25) is 11.8 Å². The maximum absolute atomic E-state index is 12.9. The third kappa shape index (κ3) is 4.57. The number of carbonyl (C=O) groups excluding carboxylic acids is 2. The fourth-order valence-electron chi connectivity index (χ4n) is 3.39. The topological polar surface area (TPSA) is 52.7 Å². The van der Waals surface area contributed by atoms with E-state index in [2.05, 4.69) is 17.1 Å². The lowest BCUT2D eigenvalue weighted by molar-refractivity contribution is -0.136. The van der Waals surface area contributed by atoms with Crippen LogP contribution in [0.3, 0.4) is 0 Å². The Morgan fingerprint density at radius 1 is 1.12 bits per heavy atom. The van der Waals surface area contributed by atoms with Crippen molar-refractivity contribution in [3.63, 3.8) is 0 Å². The lowest BCUT2D eigenvalue weighted by Gasteiger charge is -2.34. The van der Waals surface area contributed by atoms with E-state index < -0.39 is 0 Å². The molecular weight excluding hydrogens is 321 g/mol. The van der Waals surface area contributed by atoms with Crippen molar-refractivity contribution in [2.45, 2.75) is 19.8 Å². The maximum atomic E-state index is 12.9. The molecule has 3 rings (SSSR count). The van der Waals surface area contributed by atoms with E-state index in [1.807, 2.05) is 4.90 Å². The van der Waals surface area contributed by atoms with E-state index in [9.17, 15) is 14.0 Å². The first-order chi connectivity index (χ1) is 12.1. The molecule has 1 aromatic carbocycles. The minimum atomic E-state index is -0.258. The number of piperazine rings is 1. The minimum absolute atomic E-state index is 0.0346. The molecule has 2 unspecified atom stereocenters. The van der Waals surface area contributed by atoms with Gasteiger partial charge in [-0.3, -0.25) is 9.59 Å². The Hall–Kier alpha value is -1.95. The minimum Gasteiger partial charge on any atom is -0.356 e. The van der Waals surface area contributed by atoms with Crippen molar-refractivity contribution in [1.82, 2.24) is 15.1 Å². The van der Waals surface area contributed by atoms with Gasteiger partial charge in [-0.1, -0.05) is 19.1 Å². The molecule has 1 aromatic rings. The highest BCUT2D eigenvalue weighted by molar-refractivity contribution is 5.92. The van der Waals surface area contributed by atoms with Crippen molar-refractivity contribution in [2.75, 3.05) is 39.3 Å². The fraction of sp³-hybridized carbons (Fsp3) is 0.579. The SMILES string of the molecule is CCN1CCN(C(=O)C2CC2C(=O)NCCc2ccc(F)cc2)CC1. The van der Waals surface area contributed by atoms with Crippen LogP contribution >= 0.6 is 0 Å². The molecule has 1 saturated carbocycles. The second kappa shape index (κ2) is 7.95. The van der Waals surface area contributed by atoms with Crippen LogP contribution in [0.5, 0.6) is 0 Å². The summed E-state index contributed by atoms with van der Waals surface area (Å²) in [5.41, 5.74) is 0.985. The van der Waals surface area contributed by atoms with Crippen molar-refractivity contribution in [3.05, 3.63) is 35.6 Å². The first-order valence-electron chi connectivity index (χ1n) is 9.11. The van der Waals surface area contributed by atoms with Crippen molar-refractivity contribution in [3.8, 4) is 0 Å². The van der Waals surface area contributed by atoms with Gasteiger partial charge in [-0.25, -0.2) is 4.39 Å². The summed E-state index contributed by atoms with van der Waals surface area (Å²) in [7, 11) is 0. The highest BCUT2D eigenvalue weighted by atomic mass is 19.1. The van der Waals surface area contributed by atoms with E-state index in [1.165, 1.54) is 12.1 Å². The number of carbonyl (C=O) groups is 2. The molecule has 0 spiro atoms. The Morgan fingerprint density at radius 2 is 1.80 bits per heavy atom. The Kier molecular flexibility index (Phi) is 5.68. The van der Waals surface area contributed by atoms with E-state index in [-0.39, 0.29) is 29.5 Å². The summed E-state index contributed by atoms with van der Waals surface area (Å²) in [5, 5.41) is 2.90. The molecule has 1 saturated heterocycles. The van der Waals surface area contributed by atoms with Crippen LogP contribution in [0.25, 0.3) is 0 Å². The van der Waals surface area contributed by atoms with Crippen LogP contribution in [0.15, 0.2) is 24.3 Å². The number of likely N-dealkylation sites (N-methyl/N-ethyl adjacent to an activating group) is 1. The lowest BCUT2D eigenvalue weighted by atomic mass is 10.1. The molecule has 2 aliphatic rings. The standard InChI is InChI=1S/C19H26FN3O2/c1-2-22-9-11-23(12-10-22)19(25)17-13-16(17)18(24)21-8-7-14-3-5-15(20)6-4-14/h3-6,16-17H,2,7-13H2,1H3,(H,21,24). The number of nitrogens with one attached hydrogen (secondary N) is 1. The Morgan fingerprint density at radius 3 is 2.44 bits per heavy atom. The summed E-state index contributed by atoms with van der Waals surface area (Å²) in [5.74, 6) is -0.474. The highest BCUT2D eigenvalue weighted by Gasteiger charge is 2.49. The predicted molar refractivity (Wildman–Crippen MR) is 93.4 cm³/mol. The average Bonchev–Trinajstić information content (AvgIpc) is 3.43. The monoisotopic (exact) mass is 347 g/mol. The van der Waals surface area contributed by atoms with Crippen molar-refractivity contribution in [2.24, 2.45) is 11.8 Å². The number of benzene rings is 1. The van der Waals surface area contributed by atoms with E-state index >= 15 is 0 Å². The molecule has 1 N–H and O–H groups in total. The average molecular weight is 347 g/mol. The molecule has 1 heterocycles. The number of amides is 2. The van der Waals surface area contributed by atoms with Crippen LogP contribution < -0.4 is 5.32 Å². The van der Waals surface area contributed by atoms with Gasteiger partial charge in [-0.2, -0.15) is 0 Å². The summed E-state index contributed by atoms with van der Waals surface area (Å²) in [4.78, 5) is 28.9. The molecule has 0 aromatic heterocycles. The van der Waals surface area contributed by atoms with E-state index in [0.29, 0.717) is 19.4 Å². The largest absolute Gasteiger partial charge is 0.356 e. The third-order valence-corrected chi connectivity index (χ3v) is 5.20. The molecule has 1 aliphatic heterocycles. The third-order valence-electron chi connectivity index (χ3n) is 5.20. The molecular formula is C19H26FN3O2. The summed E-state index contributed by atoms with van der Waals surface area (Å²) >= 11 is 0. The van der Waals surface area contributed by atoms with Gasteiger partial charge in [0.05, 0.1) is 11.8 Å². The molecule has 0 bridgehead atoms. The lowest BCUT2D eigenvalue weighted by Crippen LogP contribution is -2.49. The van der Waals surface area contributed by atoms with Crippen LogP contribution in [-0.4, -0.2) is 60.9 Å². The van der Waals surface area contributed by atoms with Crippen LogP contribution in [0, 0.1) is 17.7 Å². The van der Waals surface area contributed by atoms with Gasteiger partial charge in [0.1, 0.15) is 5.82 Å². The maximum Gasteiger partial charge on any atom is 0.226 e. The number of hydrogen-bond acceptors (Lipinski definition) is 3. The van der Waals surface area contributed by atoms with Gasteiger partial charge in [-0.15, -0.1) is 0 Å². The number of nitrogens with zero attached hydrogens (tertiary/aromatic N) is 2. The normalized spacial score (nSPS) is 23.4. The highest BCUT2D eigenvalue weighted by Crippen LogP contribution is 2.40. The van der Waals surface area contributed by atoms with Crippen LogP contribution in [0.2, 0.25) is 0 Å². The second-order valence-corrected chi connectivity index (χ2v) is 6.88. The zero-order valence-corrected chi connectivity index (χ0v) is 14.7. The Labute approximate surface area is 148 Å². The predicted octanol–water partition coefficient (Wildman–Crippen LogP) is 1.28. The summed E-state index contributed by atoms with van der Waals surface area (Å²) < 4.78 is 12.9. The second-order valence-electron chi connectivity index (χ2n) is 6.88. The zero-order valence-electron chi connectivity index (χ0n) is 14.7. The number of rotatable bonds is 6. The quantitative estimate of drug-likeness (QED) is 0.844. The van der Waals surface area contributed by atoms with Gasteiger partial charge in [0, 0.05) is 32.7 Å². The molecule has 2 amide bonds. The molecule has 136 valence electrons. The van der Waals surface area contributed by atoms with E-state index in [0.717, 1.165) is 38.3 Å². The van der Waals surface area contributed by atoms with Crippen LogP contribution in [0.1, 0.15) is 18.9 Å². The van der Waals surface area contributed by atoms with E-state index in [1.54, 1.807) is 12.1 Å².